The maximum Gasteiger partial charge on any atom is 0.243 e. The Balaban J connectivity index is 1.84. The van der Waals surface area contributed by atoms with Crippen molar-refractivity contribution in [3.63, 3.8) is 0 Å². The largest absolute Gasteiger partial charge is 0.492 e. The van der Waals surface area contributed by atoms with E-state index in [2.05, 4.69) is 5.32 Å². The van der Waals surface area contributed by atoms with Crippen molar-refractivity contribution in [2.45, 2.75) is 32.1 Å². The van der Waals surface area contributed by atoms with E-state index in [1.54, 1.807) is 29.2 Å². The highest BCUT2D eigenvalue weighted by Crippen LogP contribution is 2.16. The Labute approximate surface area is 137 Å². The normalized spacial score (nSPS) is 15.7. The van der Waals surface area contributed by atoms with Crippen molar-refractivity contribution in [3.8, 4) is 5.75 Å². The molecule has 1 fully saturated rings. The predicted molar refractivity (Wildman–Crippen MR) is 89.3 cm³/mol. The molecule has 1 aliphatic rings. The van der Waals surface area contributed by atoms with Gasteiger partial charge in [-0.1, -0.05) is 12.8 Å². The van der Waals surface area contributed by atoms with Gasteiger partial charge in [0.1, 0.15) is 12.4 Å². The summed E-state index contributed by atoms with van der Waals surface area (Å²) in [5.41, 5.74) is 6.07. The minimum Gasteiger partial charge on any atom is -0.492 e. The second-order valence-electron chi connectivity index (χ2n) is 5.69. The second kappa shape index (κ2) is 9.15. The lowest BCUT2D eigenvalue weighted by Crippen LogP contribution is -2.39. The third-order valence-electron chi connectivity index (χ3n) is 3.78. The van der Waals surface area contributed by atoms with E-state index in [0.717, 1.165) is 25.7 Å². The number of carbonyl (C=O) groups excluding carboxylic acids is 2. The highest BCUT2D eigenvalue weighted by atomic mass is 16.5. The van der Waals surface area contributed by atoms with Gasteiger partial charge < -0.3 is 20.7 Å². The molecule has 0 radical (unpaired) electrons. The molecule has 1 aromatic carbocycles. The fourth-order valence-corrected chi connectivity index (χ4v) is 2.57. The fraction of sp³-hybridized carbons (Fsp3) is 0.529. The van der Waals surface area contributed by atoms with Gasteiger partial charge in [-0.2, -0.15) is 0 Å². The minimum atomic E-state index is -0.172. The number of hydrogen-bond acceptors (Lipinski definition) is 4. The van der Waals surface area contributed by atoms with Crippen LogP contribution in [0, 0.1) is 0 Å². The zero-order valence-corrected chi connectivity index (χ0v) is 13.4. The number of ether oxygens (including phenoxy) is 1. The number of carbonyl (C=O) groups is 2. The van der Waals surface area contributed by atoms with Crippen LogP contribution in [0.2, 0.25) is 0 Å². The van der Waals surface area contributed by atoms with Crippen molar-refractivity contribution in [2.75, 3.05) is 31.6 Å². The Morgan fingerprint density at radius 3 is 2.65 bits per heavy atom. The Kier molecular flexibility index (Phi) is 6.87. The van der Waals surface area contributed by atoms with E-state index in [4.69, 9.17) is 10.5 Å². The summed E-state index contributed by atoms with van der Waals surface area (Å²) in [7, 11) is 0. The Bertz CT molecular complexity index is 516. The zero-order valence-electron chi connectivity index (χ0n) is 13.4. The molecule has 2 amide bonds. The van der Waals surface area contributed by atoms with Gasteiger partial charge in [0.2, 0.25) is 11.8 Å². The molecule has 0 atom stereocenters. The lowest BCUT2D eigenvalue weighted by Gasteiger charge is -2.24. The summed E-state index contributed by atoms with van der Waals surface area (Å²) >= 11 is 0. The van der Waals surface area contributed by atoms with Gasteiger partial charge in [-0.3, -0.25) is 9.59 Å². The Morgan fingerprint density at radius 2 is 1.91 bits per heavy atom. The highest BCUT2D eigenvalue weighted by molar-refractivity contribution is 5.94. The predicted octanol–water partition coefficient (Wildman–Crippen LogP) is 1.76. The summed E-state index contributed by atoms with van der Waals surface area (Å²) in [4.78, 5) is 25.8. The van der Waals surface area contributed by atoms with Crippen LogP contribution in [-0.4, -0.2) is 43.0 Å². The molecule has 0 aliphatic carbocycles. The quantitative estimate of drug-likeness (QED) is 0.836. The Hall–Kier alpha value is -2.08. The van der Waals surface area contributed by atoms with E-state index in [1.807, 2.05) is 0 Å². The number of nitrogens with two attached hydrogens (primary N) is 1. The first-order chi connectivity index (χ1) is 11.2. The summed E-state index contributed by atoms with van der Waals surface area (Å²) in [6.07, 6.45) is 4.65. The molecule has 126 valence electrons. The van der Waals surface area contributed by atoms with Crippen LogP contribution in [0.4, 0.5) is 5.69 Å². The molecule has 6 nitrogen and oxygen atoms in total. The average molecular weight is 319 g/mol. The molecule has 1 saturated heterocycles. The molecule has 23 heavy (non-hydrogen) atoms. The molecule has 0 bridgehead atoms. The van der Waals surface area contributed by atoms with Gasteiger partial charge in [-0.05, 0) is 37.1 Å². The van der Waals surface area contributed by atoms with E-state index < -0.39 is 0 Å². The van der Waals surface area contributed by atoms with Gasteiger partial charge >= 0.3 is 0 Å². The van der Waals surface area contributed by atoms with E-state index >= 15 is 0 Å². The van der Waals surface area contributed by atoms with E-state index in [9.17, 15) is 9.59 Å². The van der Waals surface area contributed by atoms with E-state index in [1.165, 1.54) is 0 Å². The smallest absolute Gasteiger partial charge is 0.243 e. The van der Waals surface area contributed by atoms with Gasteiger partial charge in [0.25, 0.3) is 0 Å². The second-order valence-corrected chi connectivity index (χ2v) is 5.69. The van der Waals surface area contributed by atoms with Crippen LogP contribution < -0.4 is 15.8 Å². The summed E-state index contributed by atoms with van der Waals surface area (Å²) in [5, 5.41) is 2.82. The number of nitrogens with one attached hydrogen (secondary N) is 1. The number of benzene rings is 1. The number of hydrogen-bond donors (Lipinski definition) is 2. The van der Waals surface area contributed by atoms with Gasteiger partial charge in [0, 0.05) is 25.2 Å². The van der Waals surface area contributed by atoms with E-state index in [0.29, 0.717) is 37.6 Å². The standard InChI is InChI=1S/C17H25N3O3/c18-10-12-23-15-8-6-14(7-9-15)19-16(21)13-20-11-4-2-1-3-5-17(20)22/h6-9H,1-5,10-13,18H2,(H,19,21). The topological polar surface area (TPSA) is 84.7 Å². The number of rotatable bonds is 6. The van der Waals surface area contributed by atoms with Crippen molar-refractivity contribution in [1.82, 2.24) is 4.90 Å². The Morgan fingerprint density at radius 1 is 1.17 bits per heavy atom. The van der Waals surface area contributed by atoms with Crippen molar-refractivity contribution >= 4 is 17.5 Å². The van der Waals surface area contributed by atoms with Gasteiger partial charge in [-0.15, -0.1) is 0 Å². The molecule has 0 saturated carbocycles. The molecule has 0 unspecified atom stereocenters. The lowest BCUT2D eigenvalue weighted by molar-refractivity contribution is -0.135. The number of anilines is 1. The maximum absolute atomic E-state index is 12.1. The highest BCUT2D eigenvalue weighted by Gasteiger charge is 2.18. The SMILES string of the molecule is NCCOc1ccc(NC(=O)CN2CCCCCCC2=O)cc1. The van der Waals surface area contributed by atoms with E-state index in [-0.39, 0.29) is 18.4 Å². The van der Waals surface area contributed by atoms with Crippen molar-refractivity contribution in [3.05, 3.63) is 24.3 Å². The first-order valence-corrected chi connectivity index (χ1v) is 8.19. The van der Waals surface area contributed by atoms with Crippen LogP contribution in [0.25, 0.3) is 0 Å². The molecule has 0 spiro atoms. The van der Waals surface area contributed by atoms with Gasteiger partial charge in [-0.25, -0.2) is 0 Å². The molecule has 1 aromatic rings. The van der Waals surface area contributed by atoms with Crippen LogP contribution in [-0.2, 0) is 9.59 Å². The zero-order chi connectivity index (χ0) is 16.5. The molecule has 0 aromatic heterocycles. The molecule has 6 heteroatoms. The van der Waals surface area contributed by atoms with Crippen molar-refractivity contribution < 1.29 is 14.3 Å². The fourth-order valence-electron chi connectivity index (χ4n) is 2.57. The van der Waals surface area contributed by atoms with Gasteiger partial charge in [0.05, 0.1) is 6.54 Å². The van der Waals surface area contributed by atoms with Gasteiger partial charge in [0.15, 0.2) is 0 Å². The molecule has 1 aliphatic heterocycles. The molecule has 1 heterocycles. The first kappa shape index (κ1) is 17.3. The summed E-state index contributed by atoms with van der Waals surface area (Å²) in [5.74, 6) is 0.618. The molecular weight excluding hydrogens is 294 g/mol. The average Bonchev–Trinajstić information content (AvgIpc) is 2.54. The summed E-state index contributed by atoms with van der Waals surface area (Å²) in [6, 6.07) is 7.12. The van der Waals surface area contributed by atoms with Crippen LogP contribution in [0.3, 0.4) is 0 Å². The van der Waals surface area contributed by atoms with Crippen LogP contribution >= 0.6 is 0 Å². The summed E-state index contributed by atoms with van der Waals surface area (Å²) < 4.78 is 5.39. The van der Waals surface area contributed by atoms with Crippen LogP contribution in [0.1, 0.15) is 32.1 Å². The van der Waals surface area contributed by atoms with Crippen LogP contribution in [0.15, 0.2) is 24.3 Å². The summed E-state index contributed by atoms with van der Waals surface area (Å²) in [6.45, 7) is 1.70. The molecule has 2 rings (SSSR count). The van der Waals surface area contributed by atoms with Crippen molar-refractivity contribution in [1.29, 1.82) is 0 Å². The van der Waals surface area contributed by atoms with Crippen molar-refractivity contribution in [2.24, 2.45) is 5.73 Å². The monoisotopic (exact) mass is 319 g/mol. The lowest BCUT2D eigenvalue weighted by atomic mass is 10.1. The van der Waals surface area contributed by atoms with Crippen LogP contribution in [0.5, 0.6) is 5.75 Å². The third-order valence-corrected chi connectivity index (χ3v) is 3.78. The molecular formula is C17H25N3O3. The molecule has 3 N–H and O–H groups in total. The third kappa shape index (κ3) is 5.90. The number of likely N-dealkylation sites (tertiary alicyclic amines) is 1. The first-order valence-electron chi connectivity index (χ1n) is 8.19. The minimum absolute atomic E-state index is 0.0744. The number of nitrogens with zero attached hydrogens (tertiary/aromatic N) is 1. The maximum atomic E-state index is 12.1. The number of amides is 2.